The Morgan fingerprint density at radius 2 is 1.15 bits per heavy atom. The summed E-state index contributed by atoms with van der Waals surface area (Å²) in [5.74, 6) is 1.39. The van der Waals surface area contributed by atoms with Crippen LogP contribution in [0.5, 0.6) is 11.5 Å². The van der Waals surface area contributed by atoms with Crippen LogP contribution >= 0.6 is 0 Å². The third-order valence-corrected chi connectivity index (χ3v) is 4.02. The summed E-state index contributed by atoms with van der Waals surface area (Å²) in [6, 6.07) is 6.98. The first-order chi connectivity index (χ1) is 12.5. The maximum Gasteiger partial charge on any atom is 0.150 e. The zero-order chi connectivity index (χ0) is 19.1. The van der Waals surface area contributed by atoms with Crippen LogP contribution in [0.4, 0.5) is 0 Å². The van der Waals surface area contributed by atoms with E-state index in [2.05, 4.69) is 10.2 Å². The van der Waals surface area contributed by atoms with Crippen LogP contribution in [-0.4, -0.2) is 39.2 Å². The van der Waals surface area contributed by atoms with Crippen LogP contribution in [0.1, 0.15) is 43.0 Å². The fourth-order valence-corrected chi connectivity index (χ4v) is 2.48. The molecule has 6 heteroatoms. The van der Waals surface area contributed by atoms with Crippen LogP contribution in [-0.2, 0) is 0 Å². The minimum atomic E-state index is 0.452. The number of carbonyl (C=O) groups is 2. The van der Waals surface area contributed by atoms with E-state index in [0.29, 0.717) is 46.3 Å². The Labute approximate surface area is 152 Å². The molecule has 0 atom stereocenters. The van der Waals surface area contributed by atoms with E-state index in [1.807, 2.05) is 19.1 Å². The average molecular weight is 352 g/mol. The van der Waals surface area contributed by atoms with Crippen LogP contribution in [0.3, 0.4) is 0 Å². The Hall–Kier alpha value is -3.28. The molecule has 0 fully saturated rings. The maximum atomic E-state index is 11.1. The molecule has 0 aromatic heterocycles. The topological polar surface area (TPSA) is 77.3 Å². The zero-order valence-corrected chi connectivity index (χ0v) is 15.1. The highest BCUT2D eigenvalue weighted by molar-refractivity contribution is 5.92. The van der Waals surface area contributed by atoms with Crippen molar-refractivity contribution < 1.29 is 19.1 Å². The third kappa shape index (κ3) is 4.22. The fraction of sp³-hybridized carbons (Fsp3) is 0.200. The second kappa shape index (κ2) is 8.71. The van der Waals surface area contributed by atoms with E-state index < -0.39 is 0 Å². The zero-order valence-electron chi connectivity index (χ0n) is 15.1. The van der Waals surface area contributed by atoms with Crippen molar-refractivity contribution in [2.45, 2.75) is 13.8 Å². The lowest BCUT2D eigenvalue weighted by Gasteiger charge is -2.10. The summed E-state index contributed by atoms with van der Waals surface area (Å²) >= 11 is 0. The van der Waals surface area contributed by atoms with E-state index in [0.717, 1.165) is 11.1 Å². The average Bonchev–Trinajstić information content (AvgIpc) is 2.66. The van der Waals surface area contributed by atoms with E-state index in [1.165, 1.54) is 6.21 Å². The van der Waals surface area contributed by atoms with Crippen molar-refractivity contribution in [1.29, 1.82) is 0 Å². The Kier molecular flexibility index (Phi) is 6.38. The van der Waals surface area contributed by atoms with Crippen LogP contribution in [0.2, 0.25) is 0 Å². The van der Waals surface area contributed by atoms with Gasteiger partial charge in [-0.15, -0.1) is 0 Å². The van der Waals surface area contributed by atoms with Gasteiger partial charge in [-0.05, 0) is 49.2 Å². The van der Waals surface area contributed by atoms with E-state index in [1.54, 1.807) is 39.5 Å². The normalized spacial score (nSPS) is 11.1. The number of benzene rings is 2. The summed E-state index contributed by atoms with van der Waals surface area (Å²) in [4.78, 5) is 22.2. The number of carbonyl (C=O) groups excluding carboxylic acids is 2. The highest BCUT2D eigenvalue weighted by atomic mass is 16.5. The molecular formula is C20H20N2O4. The van der Waals surface area contributed by atoms with Gasteiger partial charge in [0.1, 0.15) is 24.1 Å². The van der Waals surface area contributed by atoms with Gasteiger partial charge in [-0.25, -0.2) is 0 Å². The van der Waals surface area contributed by atoms with Gasteiger partial charge in [0, 0.05) is 22.3 Å². The lowest BCUT2D eigenvalue weighted by Crippen LogP contribution is -1.97. The number of hydrogen-bond donors (Lipinski definition) is 0. The minimum absolute atomic E-state index is 0.452. The molecule has 0 bridgehead atoms. The molecule has 134 valence electrons. The van der Waals surface area contributed by atoms with Crippen LogP contribution in [0, 0.1) is 13.8 Å². The van der Waals surface area contributed by atoms with Gasteiger partial charge in [-0.1, -0.05) is 0 Å². The van der Waals surface area contributed by atoms with Crippen molar-refractivity contribution in [3.05, 3.63) is 57.6 Å². The van der Waals surface area contributed by atoms with Crippen molar-refractivity contribution in [3.8, 4) is 11.5 Å². The molecular weight excluding hydrogens is 332 g/mol. The maximum absolute atomic E-state index is 11.1. The monoisotopic (exact) mass is 352 g/mol. The molecule has 0 N–H and O–H groups in total. The number of aldehydes is 2. The molecule has 0 aliphatic carbocycles. The highest BCUT2D eigenvalue weighted by Crippen LogP contribution is 2.28. The number of hydrogen-bond acceptors (Lipinski definition) is 6. The molecule has 0 amide bonds. The summed E-state index contributed by atoms with van der Waals surface area (Å²) in [5.41, 5.74) is 3.84. The Bertz CT molecular complexity index is 831. The second-order valence-electron chi connectivity index (χ2n) is 5.60. The Morgan fingerprint density at radius 3 is 1.54 bits per heavy atom. The predicted octanol–water partition coefficient (Wildman–Crippen LogP) is 3.40. The van der Waals surface area contributed by atoms with E-state index in [4.69, 9.17) is 9.47 Å². The molecule has 26 heavy (non-hydrogen) atoms. The quantitative estimate of drug-likeness (QED) is 0.435. The summed E-state index contributed by atoms with van der Waals surface area (Å²) in [6.45, 7) is 3.63. The molecule has 0 heterocycles. The first kappa shape index (κ1) is 19.1. The van der Waals surface area contributed by atoms with E-state index >= 15 is 0 Å². The largest absolute Gasteiger partial charge is 0.496 e. The molecule has 0 saturated carbocycles. The van der Waals surface area contributed by atoms with Gasteiger partial charge in [-0.2, -0.15) is 10.2 Å². The van der Waals surface area contributed by atoms with Gasteiger partial charge in [0.15, 0.2) is 0 Å². The molecule has 0 aliphatic rings. The van der Waals surface area contributed by atoms with E-state index in [-0.39, 0.29) is 0 Å². The first-order valence-corrected chi connectivity index (χ1v) is 7.88. The number of ether oxygens (including phenoxy) is 2. The first-order valence-electron chi connectivity index (χ1n) is 7.88. The molecule has 0 radical (unpaired) electrons. The van der Waals surface area contributed by atoms with Gasteiger partial charge >= 0.3 is 0 Å². The van der Waals surface area contributed by atoms with Gasteiger partial charge in [-0.3, -0.25) is 9.59 Å². The fourth-order valence-electron chi connectivity index (χ4n) is 2.48. The van der Waals surface area contributed by atoms with Crippen LogP contribution in [0.25, 0.3) is 0 Å². The van der Waals surface area contributed by atoms with Gasteiger partial charge < -0.3 is 9.47 Å². The number of rotatable bonds is 7. The molecule has 2 aromatic carbocycles. The smallest absolute Gasteiger partial charge is 0.150 e. The number of nitrogens with zero attached hydrogens (tertiary/aromatic N) is 2. The molecule has 2 aromatic rings. The minimum Gasteiger partial charge on any atom is -0.496 e. The van der Waals surface area contributed by atoms with Gasteiger partial charge in [0.25, 0.3) is 0 Å². The van der Waals surface area contributed by atoms with E-state index in [9.17, 15) is 9.59 Å². The Balaban J connectivity index is 2.26. The lowest BCUT2D eigenvalue weighted by atomic mass is 10.0. The van der Waals surface area contributed by atoms with Crippen molar-refractivity contribution in [2.75, 3.05) is 14.2 Å². The second-order valence-corrected chi connectivity index (χ2v) is 5.60. The van der Waals surface area contributed by atoms with Crippen LogP contribution < -0.4 is 9.47 Å². The molecule has 6 nitrogen and oxygen atoms in total. The van der Waals surface area contributed by atoms with Crippen molar-refractivity contribution >= 4 is 25.0 Å². The van der Waals surface area contributed by atoms with Gasteiger partial charge in [0.2, 0.25) is 0 Å². The Morgan fingerprint density at radius 1 is 0.731 bits per heavy atom. The molecule has 0 aliphatic heterocycles. The van der Waals surface area contributed by atoms with Gasteiger partial charge in [0.05, 0.1) is 26.6 Å². The lowest BCUT2D eigenvalue weighted by molar-refractivity contribution is 0.112. The standard InChI is InChI=1S/C20H20N2O4/c1-13-17(11-23)5-15(6-18(13)12-24)9-21-22-10-16-7-19(25-3)14(2)20(8-16)26-4/h5-12H,1-4H3. The predicted molar refractivity (Wildman–Crippen MR) is 101 cm³/mol. The summed E-state index contributed by atoms with van der Waals surface area (Å²) in [6.07, 6.45) is 4.48. The summed E-state index contributed by atoms with van der Waals surface area (Å²) < 4.78 is 10.6. The van der Waals surface area contributed by atoms with Crippen molar-refractivity contribution in [3.63, 3.8) is 0 Å². The van der Waals surface area contributed by atoms with Crippen molar-refractivity contribution in [1.82, 2.24) is 0 Å². The summed E-state index contributed by atoms with van der Waals surface area (Å²) in [5, 5.41) is 7.99. The SMILES string of the molecule is COc1cc(C=NN=Cc2cc(C=O)c(C)c(C=O)c2)cc(OC)c1C. The highest BCUT2D eigenvalue weighted by Gasteiger charge is 2.07. The molecule has 0 saturated heterocycles. The van der Waals surface area contributed by atoms with Crippen molar-refractivity contribution in [2.24, 2.45) is 10.2 Å². The summed E-state index contributed by atoms with van der Waals surface area (Å²) in [7, 11) is 3.18. The molecule has 0 spiro atoms. The molecule has 2 rings (SSSR count). The number of methoxy groups -OCH3 is 2. The molecule has 0 unspecified atom stereocenters. The third-order valence-electron chi connectivity index (χ3n) is 4.02. The van der Waals surface area contributed by atoms with Crippen LogP contribution in [0.15, 0.2) is 34.5 Å².